The first kappa shape index (κ1) is 16.1. The number of hydrogen-bond donors (Lipinski definition) is 0. The maximum absolute atomic E-state index is 12.9. The molecule has 0 aliphatic rings. The van der Waals surface area contributed by atoms with Gasteiger partial charge in [0, 0.05) is 12.6 Å². The smallest absolute Gasteiger partial charge is 0.207 e. The number of sulfonamides is 1. The lowest BCUT2D eigenvalue weighted by Gasteiger charge is -2.24. The van der Waals surface area contributed by atoms with Crippen LogP contribution in [0.2, 0.25) is 0 Å². The Morgan fingerprint density at radius 2 is 1.68 bits per heavy atom. The van der Waals surface area contributed by atoms with Gasteiger partial charge in [0.2, 0.25) is 10.0 Å². The first-order valence-corrected chi connectivity index (χ1v) is 8.49. The van der Waals surface area contributed by atoms with E-state index in [4.69, 9.17) is 0 Å². The van der Waals surface area contributed by atoms with Crippen molar-refractivity contribution < 1.29 is 20.7 Å². The summed E-state index contributed by atoms with van der Waals surface area (Å²) in [4.78, 5) is -0.893. The molecule has 8 heteroatoms. The molecule has 0 saturated heterocycles. The molecule has 19 heavy (non-hydrogen) atoms. The molecule has 0 atom stereocenters. The molecule has 1 aromatic rings. The van der Waals surface area contributed by atoms with Crippen molar-refractivity contribution in [1.82, 2.24) is 4.31 Å². The van der Waals surface area contributed by atoms with Crippen molar-refractivity contribution in [3.05, 3.63) is 24.3 Å². The van der Waals surface area contributed by atoms with Gasteiger partial charge >= 0.3 is 10.2 Å². The van der Waals surface area contributed by atoms with Gasteiger partial charge in [-0.3, -0.25) is 0 Å². The van der Waals surface area contributed by atoms with Crippen LogP contribution in [-0.2, 0) is 20.2 Å². The Labute approximate surface area is 113 Å². The number of benzene rings is 1. The molecule has 0 radical (unpaired) electrons. The number of hydrogen-bond acceptors (Lipinski definition) is 4. The van der Waals surface area contributed by atoms with E-state index < -0.39 is 25.1 Å². The molecule has 0 aromatic heterocycles. The number of halogens is 1. The van der Waals surface area contributed by atoms with Crippen LogP contribution >= 0.6 is 0 Å². The van der Waals surface area contributed by atoms with Crippen LogP contribution in [0.4, 0.5) is 3.89 Å². The van der Waals surface area contributed by atoms with Crippen molar-refractivity contribution in [3.8, 4) is 0 Å². The Kier molecular flexibility index (Phi) is 4.70. The van der Waals surface area contributed by atoms with Gasteiger partial charge in [-0.1, -0.05) is 13.0 Å². The zero-order valence-electron chi connectivity index (χ0n) is 10.9. The van der Waals surface area contributed by atoms with Crippen molar-refractivity contribution >= 4 is 20.2 Å². The molecule has 5 nitrogen and oxygen atoms in total. The molecule has 0 spiro atoms. The summed E-state index contributed by atoms with van der Waals surface area (Å²) in [5.74, 6) is 0. The minimum absolute atomic E-state index is 0.234. The van der Waals surface area contributed by atoms with E-state index in [0.717, 1.165) is 12.1 Å². The van der Waals surface area contributed by atoms with Crippen LogP contribution < -0.4 is 0 Å². The molecular weight excluding hydrogens is 293 g/mol. The van der Waals surface area contributed by atoms with Crippen LogP contribution in [0.3, 0.4) is 0 Å². The van der Waals surface area contributed by atoms with Crippen LogP contribution in [0.1, 0.15) is 20.8 Å². The number of nitrogens with zero attached hydrogens (tertiary/aromatic N) is 1. The van der Waals surface area contributed by atoms with Crippen molar-refractivity contribution in [2.24, 2.45) is 0 Å². The van der Waals surface area contributed by atoms with Crippen molar-refractivity contribution in [2.45, 2.75) is 36.6 Å². The molecule has 1 rings (SSSR count). The second-order valence-corrected chi connectivity index (χ2v) is 7.45. The summed E-state index contributed by atoms with van der Waals surface area (Å²) in [5.41, 5.74) is 0. The van der Waals surface area contributed by atoms with Gasteiger partial charge in [0.05, 0.1) is 9.79 Å². The van der Waals surface area contributed by atoms with E-state index in [1.165, 1.54) is 16.4 Å². The average molecular weight is 309 g/mol. The minimum Gasteiger partial charge on any atom is -0.207 e. The van der Waals surface area contributed by atoms with Crippen molar-refractivity contribution in [3.63, 3.8) is 0 Å². The summed E-state index contributed by atoms with van der Waals surface area (Å²) < 4.78 is 60.3. The highest BCUT2D eigenvalue weighted by Gasteiger charge is 2.26. The molecule has 0 saturated carbocycles. The molecule has 0 N–H and O–H groups in total. The van der Waals surface area contributed by atoms with Gasteiger partial charge < -0.3 is 0 Å². The topological polar surface area (TPSA) is 71.5 Å². The van der Waals surface area contributed by atoms with E-state index in [1.54, 1.807) is 20.8 Å². The molecule has 0 bridgehead atoms. The van der Waals surface area contributed by atoms with E-state index in [2.05, 4.69) is 0 Å². The SMILES string of the molecule is CCN(C(C)C)S(=O)(=O)c1cccc(S(=O)(=O)F)c1. The largest absolute Gasteiger partial charge is 0.332 e. The zero-order chi connectivity index (χ0) is 14.8. The lowest BCUT2D eigenvalue weighted by Crippen LogP contribution is -2.36. The minimum atomic E-state index is -4.92. The summed E-state index contributed by atoms with van der Waals surface area (Å²) in [6.45, 7) is 5.33. The van der Waals surface area contributed by atoms with Crippen molar-refractivity contribution in [1.29, 1.82) is 0 Å². The summed E-state index contributed by atoms with van der Waals surface area (Å²) in [6, 6.07) is 4.01. The van der Waals surface area contributed by atoms with Gasteiger partial charge in [-0.05, 0) is 32.0 Å². The Morgan fingerprint density at radius 3 is 2.11 bits per heavy atom. The van der Waals surface area contributed by atoms with Crippen LogP contribution in [0.5, 0.6) is 0 Å². The molecule has 0 aliphatic carbocycles. The van der Waals surface area contributed by atoms with Gasteiger partial charge in [0.15, 0.2) is 0 Å². The Bertz CT molecular complexity index is 653. The summed E-state index contributed by atoms with van der Waals surface area (Å²) in [7, 11) is -8.75. The highest BCUT2D eigenvalue weighted by atomic mass is 32.3. The van der Waals surface area contributed by atoms with E-state index in [1.807, 2.05) is 0 Å². The molecule has 1 aromatic carbocycles. The fraction of sp³-hybridized carbons (Fsp3) is 0.455. The highest BCUT2D eigenvalue weighted by molar-refractivity contribution is 7.89. The van der Waals surface area contributed by atoms with Crippen LogP contribution in [0, 0.1) is 0 Å². The predicted molar refractivity (Wildman–Crippen MR) is 69.4 cm³/mol. The second-order valence-electron chi connectivity index (χ2n) is 4.21. The van der Waals surface area contributed by atoms with E-state index >= 15 is 0 Å². The fourth-order valence-corrected chi connectivity index (χ4v) is 4.01. The standard InChI is InChI=1S/C11H16FNO4S2/c1-4-13(9(2)3)19(16,17)11-7-5-6-10(8-11)18(12,14)15/h5-9H,4H2,1-3H3. The van der Waals surface area contributed by atoms with Gasteiger partial charge in [-0.2, -0.15) is 12.7 Å². The normalized spacial score (nSPS) is 13.2. The van der Waals surface area contributed by atoms with Crippen LogP contribution in [0.25, 0.3) is 0 Å². The first-order chi connectivity index (χ1) is 8.60. The maximum atomic E-state index is 12.9. The quantitative estimate of drug-likeness (QED) is 0.777. The summed E-state index contributed by atoms with van der Waals surface area (Å²) >= 11 is 0. The lowest BCUT2D eigenvalue weighted by atomic mass is 10.4. The molecular formula is C11H16FNO4S2. The third-order valence-corrected chi connectivity index (χ3v) is 5.55. The van der Waals surface area contributed by atoms with E-state index in [-0.39, 0.29) is 17.5 Å². The van der Waals surface area contributed by atoms with Gasteiger partial charge in [-0.25, -0.2) is 8.42 Å². The summed E-state index contributed by atoms with van der Waals surface area (Å²) in [5, 5.41) is 0. The lowest BCUT2D eigenvalue weighted by molar-refractivity contribution is 0.369. The van der Waals surface area contributed by atoms with Crippen LogP contribution in [-0.4, -0.2) is 33.7 Å². The molecule has 108 valence electrons. The number of rotatable bonds is 5. The zero-order valence-corrected chi connectivity index (χ0v) is 12.5. The molecule has 0 heterocycles. The van der Waals surface area contributed by atoms with Gasteiger partial charge in [0.1, 0.15) is 0 Å². The second kappa shape index (κ2) is 5.56. The molecule has 0 fully saturated rings. The third-order valence-electron chi connectivity index (χ3n) is 2.58. The Balaban J connectivity index is 3.38. The van der Waals surface area contributed by atoms with Crippen LogP contribution in [0.15, 0.2) is 34.1 Å². The molecule has 0 aliphatic heterocycles. The Hall–Kier alpha value is -0.990. The monoisotopic (exact) mass is 309 g/mol. The van der Waals surface area contributed by atoms with Crippen molar-refractivity contribution in [2.75, 3.05) is 6.54 Å². The molecule has 0 amide bonds. The fourth-order valence-electron chi connectivity index (χ4n) is 1.73. The first-order valence-electron chi connectivity index (χ1n) is 5.67. The third kappa shape index (κ3) is 3.52. The van der Waals surface area contributed by atoms with Gasteiger partial charge in [0.25, 0.3) is 0 Å². The summed E-state index contributed by atoms with van der Waals surface area (Å²) in [6.07, 6.45) is 0. The average Bonchev–Trinajstić information content (AvgIpc) is 2.28. The Morgan fingerprint density at radius 1 is 1.16 bits per heavy atom. The van der Waals surface area contributed by atoms with E-state index in [0.29, 0.717) is 0 Å². The highest BCUT2D eigenvalue weighted by Crippen LogP contribution is 2.22. The van der Waals surface area contributed by atoms with E-state index in [9.17, 15) is 20.7 Å². The van der Waals surface area contributed by atoms with Gasteiger partial charge in [-0.15, -0.1) is 3.89 Å². The maximum Gasteiger partial charge on any atom is 0.332 e. The predicted octanol–water partition coefficient (Wildman–Crippen LogP) is 1.76. The molecule has 0 unspecified atom stereocenters.